The van der Waals surface area contributed by atoms with Crippen LogP contribution in [0.3, 0.4) is 0 Å². The number of carbonyl (C=O) groups is 2. The van der Waals surface area contributed by atoms with Crippen LogP contribution < -0.4 is 0 Å². The molecule has 0 amide bonds. The third-order valence-electron chi connectivity index (χ3n) is 4.86. The smallest absolute Gasteiger partial charge is 0.319 e. The van der Waals surface area contributed by atoms with Crippen molar-refractivity contribution < 1.29 is 14.3 Å². The molecule has 1 aliphatic carbocycles. The molecule has 1 heterocycles. The molecule has 2 aliphatic rings. The van der Waals surface area contributed by atoms with Gasteiger partial charge in [-0.1, -0.05) is 43.2 Å². The number of ether oxygens (including phenoxy) is 1. The third-order valence-corrected chi connectivity index (χ3v) is 4.86. The van der Waals surface area contributed by atoms with Gasteiger partial charge < -0.3 is 4.74 Å². The van der Waals surface area contributed by atoms with Crippen molar-refractivity contribution in [1.82, 2.24) is 0 Å². The summed E-state index contributed by atoms with van der Waals surface area (Å²) in [7, 11) is 0. The number of cyclic esters (lactones) is 1. The van der Waals surface area contributed by atoms with Crippen LogP contribution in [0.5, 0.6) is 0 Å². The van der Waals surface area contributed by atoms with E-state index in [9.17, 15) is 9.59 Å². The van der Waals surface area contributed by atoms with Crippen molar-refractivity contribution in [3.8, 4) is 0 Å². The van der Waals surface area contributed by atoms with Crippen molar-refractivity contribution in [2.24, 2.45) is 10.8 Å². The predicted molar refractivity (Wildman–Crippen MR) is 75.0 cm³/mol. The topological polar surface area (TPSA) is 43.4 Å². The Balaban J connectivity index is 2.09. The number of rotatable bonds is 1. The molecule has 2 fully saturated rings. The lowest BCUT2D eigenvalue weighted by Crippen LogP contribution is -2.53. The van der Waals surface area contributed by atoms with E-state index in [2.05, 4.69) is 0 Å². The quantitative estimate of drug-likeness (QED) is 0.581. The monoisotopic (exact) mass is 272 g/mol. The van der Waals surface area contributed by atoms with Gasteiger partial charge in [-0.15, -0.1) is 0 Å². The Kier molecular flexibility index (Phi) is 2.96. The third kappa shape index (κ3) is 1.72. The highest BCUT2D eigenvalue weighted by Gasteiger charge is 2.60. The van der Waals surface area contributed by atoms with E-state index < -0.39 is 22.9 Å². The van der Waals surface area contributed by atoms with Gasteiger partial charge in [-0.25, -0.2) is 0 Å². The number of Topliss-reactive ketones (excluding diaryl/α,β-unsaturated/α-hetero) is 1. The molecule has 3 rings (SSSR count). The Morgan fingerprint density at radius 2 is 1.65 bits per heavy atom. The molecule has 0 bridgehead atoms. The van der Waals surface area contributed by atoms with Crippen molar-refractivity contribution in [1.29, 1.82) is 0 Å². The van der Waals surface area contributed by atoms with Gasteiger partial charge in [0.05, 0.1) is 5.41 Å². The summed E-state index contributed by atoms with van der Waals surface area (Å²) in [5.74, 6) is -0.332. The summed E-state index contributed by atoms with van der Waals surface area (Å²) in [5.41, 5.74) is -0.597. The average Bonchev–Trinajstić information content (AvgIpc) is 2.93. The largest absolute Gasteiger partial charge is 0.456 e. The molecule has 1 saturated heterocycles. The minimum absolute atomic E-state index is 0.0626. The van der Waals surface area contributed by atoms with Crippen LogP contribution >= 0.6 is 0 Å². The maximum Gasteiger partial charge on any atom is 0.319 e. The van der Waals surface area contributed by atoms with Gasteiger partial charge in [-0.05, 0) is 32.3 Å². The predicted octanol–water partition coefficient (Wildman–Crippen LogP) is 3.44. The van der Waals surface area contributed by atoms with Gasteiger partial charge in [-0.2, -0.15) is 0 Å². The van der Waals surface area contributed by atoms with E-state index in [0.717, 1.165) is 31.2 Å². The second kappa shape index (κ2) is 4.44. The van der Waals surface area contributed by atoms with Crippen LogP contribution in [-0.4, -0.2) is 11.8 Å². The lowest BCUT2D eigenvalue weighted by atomic mass is 9.64. The van der Waals surface area contributed by atoms with Crippen LogP contribution in [0.2, 0.25) is 0 Å². The summed E-state index contributed by atoms with van der Waals surface area (Å²) in [6, 6.07) is 9.68. The molecule has 3 nitrogen and oxygen atoms in total. The molecule has 1 aromatic rings. The summed E-state index contributed by atoms with van der Waals surface area (Å²) in [6.07, 6.45) is 3.29. The molecule has 1 aliphatic heterocycles. The number of ketones is 1. The van der Waals surface area contributed by atoms with E-state index in [1.165, 1.54) is 0 Å². The zero-order valence-electron chi connectivity index (χ0n) is 12.0. The van der Waals surface area contributed by atoms with Crippen LogP contribution in [0.15, 0.2) is 30.3 Å². The molecular formula is C17H20O3. The second-order valence-electron chi connectivity index (χ2n) is 6.51. The molecule has 0 unspecified atom stereocenters. The normalized spacial score (nSPS) is 27.6. The molecule has 1 atom stereocenters. The van der Waals surface area contributed by atoms with Gasteiger partial charge in [0, 0.05) is 0 Å². The van der Waals surface area contributed by atoms with Crippen LogP contribution in [-0.2, 0) is 14.3 Å². The minimum atomic E-state index is -1.02. The van der Waals surface area contributed by atoms with Crippen LogP contribution in [0, 0.1) is 10.8 Å². The Morgan fingerprint density at radius 3 is 2.25 bits per heavy atom. The minimum Gasteiger partial charge on any atom is -0.456 e. The maximum atomic E-state index is 13.0. The van der Waals surface area contributed by atoms with Crippen LogP contribution in [0.1, 0.15) is 51.2 Å². The summed E-state index contributed by atoms with van der Waals surface area (Å²) < 4.78 is 5.74. The first-order chi connectivity index (χ1) is 9.48. The zero-order valence-corrected chi connectivity index (χ0v) is 12.0. The zero-order chi connectivity index (χ0) is 14.4. The van der Waals surface area contributed by atoms with Crippen molar-refractivity contribution in [3.05, 3.63) is 35.9 Å². The fraction of sp³-hybridized carbons (Fsp3) is 0.529. The fourth-order valence-electron chi connectivity index (χ4n) is 3.71. The summed E-state index contributed by atoms with van der Waals surface area (Å²) in [5, 5.41) is 0. The number of esters is 1. The molecule has 1 saturated carbocycles. The van der Waals surface area contributed by atoms with E-state index in [0.29, 0.717) is 0 Å². The molecule has 0 N–H and O–H groups in total. The highest BCUT2D eigenvalue weighted by atomic mass is 16.5. The molecule has 3 heteroatoms. The Labute approximate surface area is 119 Å². The van der Waals surface area contributed by atoms with Crippen molar-refractivity contribution in [2.45, 2.75) is 45.6 Å². The van der Waals surface area contributed by atoms with Gasteiger partial charge in [-0.3, -0.25) is 9.59 Å². The van der Waals surface area contributed by atoms with Gasteiger partial charge in [0.1, 0.15) is 11.5 Å². The first kappa shape index (κ1) is 13.3. The van der Waals surface area contributed by atoms with Gasteiger partial charge in [0.2, 0.25) is 0 Å². The summed E-state index contributed by atoms with van der Waals surface area (Å²) >= 11 is 0. The lowest BCUT2D eigenvalue weighted by Gasteiger charge is -2.45. The lowest BCUT2D eigenvalue weighted by molar-refractivity contribution is -0.189. The van der Waals surface area contributed by atoms with Crippen LogP contribution in [0.4, 0.5) is 0 Å². The average molecular weight is 272 g/mol. The summed E-state index contributed by atoms with van der Waals surface area (Å²) in [6.45, 7) is 3.39. The van der Waals surface area contributed by atoms with Crippen molar-refractivity contribution in [2.75, 3.05) is 0 Å². The van der Waals surface area contributed by atoms with Gasteiger partial charge in [0.25, 0.3) is 0 Å². The SMILES string of the molecule is CC1(C)C(=O)O[C@@H](c2ccccc2)C2(CCCC2)C1=O. The maximum absolute atomic E-state index is 13.0. The van der Waals surface area contributed by atoms with E-state index in [-0.39, 0.29) is 5.78 Å². The van der Waals surface area contributed by atoms with Crippen molar-refractivity contribution in [3.63, 3.8) is 0 Å². The van der Waals surface area contributed by atoms with Gasteiger partial charge >= 0.3 is 5.97 Å². The molecule has 0 aromatic heterocycles. The Morgan fingerprint density at radius 1 is 1.05 bits per heavy atom. The van der Waals surface area contributed by atoms with E-state index in [4.69, 9.17) is 4.74 Å². The first-order valence-electron chi connectivity index (χ1n) is 7.29. The second-order valence-corrected chi connectivity index (χ2v) is 6.51. The highest BCUT2D eigenvalue weighted by molar-refractivity contribution is 6.08. The van der Waals surface area contributed by atoms with Crippen molar-refractivity contribution >= 4 is 11.8 Å². The number of hydrogen-bond acceptors (Lipinski definition) is 3. The van der Waals surface area contributed by atoms with Gasteiger partial charge in [0.15, 0.2) is 5.78 Å². The van der Waals surface area contributed by atoms with E-state index in [1.54, 1.807) is 13.8 Å². The molecule has 1 spiro atoms. The fourth-order valence-corrected chi connectivity index (χ4v) is 3.71. The molecular weight excluding hydrogens is 252 g/mol. The molecule has 0 radical (unpaired) electrons. The molecule has 106 valence electrons. The Hall–Kier alpha value is -1.64. The highest BCUT2D eigenvalue weighted by Crippen LogP contribution is 2.56. The number of hydrogen-bond donors (Lipinski definition) is 0. The van der Waals surface area contributed by atoms with Crippen LogP contribution in [0.25, 0.3) is 0 Å². The standard InChI is InChI=1S/C17H20O3/c1-16(2)14(18)17(10-6-7-11-17)13(20-15(16)19)12-8-4-3-5-9-12/h3-5,8-9,13H,6-7,10-11H2,1-2H3/t13-/m0/s1. The molecule has 1 aromatic carbocycles. The summed E-state index contributed by atoms with van der Waals surface area (Å²) in [4.78, 5) is 25.2. The van der Waals surface area contributed by atoms with E-state index >= 15 is 0 Å². The first-order valence-corrected chi connectivity index (χ1v) is 7.29. The Bertz CT molecular complexity index is 539. The van der Waals surface area contributed by atoms with E-state index in [1.807, 2.05) is 30.3 Å². The number of benzene rings is 1. The number of carbonyl (C=O) groups excluding carboxylic acids is 2. The molecule has 20 heavy (non-hydrogen) atoms.